The molecule has 0 radical (unpaired) electrons. The van der Waals surface area contributed by atoms with E-state index >= 15 is 0 Å². The molecule has 1 aromatic rings. The van der Waals surface area contributed by atoms with Crippen LogP contribution in [0.4, 0.5) is 0 Å². The quantitative estimate of drug-likeness (QED) is 0.826. The molecule has 2 heterocycles. The molecule has 1 fully saturated rings. The summed E-state index contributed by atoms with van der Waals surface area (Å²) in [4.78, 5) is 10.9. The molecule has 0 amide bonds. The number of hydrogen-bond donors (Lipinski definition) is 0. The largest absolute Gasteiger partial charge is 0.297 e. The smallest absolute Gasteiger partial charge is 0.147 e. The Morgan fingerprint density at radius 1 is 1.21 bits per heavy atom. The van der Waals surface area contributed by atoms with Crippen molar-refractivity contribution in [2.24, 2.45) is 11.3 Å². The minimum Gasteiger partial charge on any atom is -0.297 e. The Hall–Kier alpha value is -0.670. The highest BCUT2D eigenvalue weighted by atomic mass is 35.5. The summed E-state index contributed by atoms with van der Waals surface area (Å²) in [6.07, 6.45) is 7.32. The van der Waals surface area contributed by atoms with Gasteiger partial charge in [0.15, 0.2) is 0 Å². The maximum Gasteiger partial charge on any atom is 0.147 e. The van der Waals surface area contributed by atoms with Crippen molar-refractivity contribution >= 4 is 11.6 Å². The Morgan fingerprint density at radius 2 is 2.00 bits per heavy atom. The van der Waals surface area contributed by atoms with Crippen LogP contribution >= 0.6 is 11.6 Å². The van der Waals surface area contributed by atoms with Gasteiger partial charge < -0.3 is 0 Å². The van der Waals surface area contributed by atoms with Crippen molar-refractivity contribution in [2.75, 3.05) is 13.1 Å². The third-order valence-electron chi connectivity index (χ3n) is 4.10. The molecule has 0 aromatic carbocycles. The third kappa shape index (κ3) is 4.43. The lowest BCUT2D eigenvalue weighted by molar-refractivity contribution is 0.206. The third-order valence-corrected chi connectivity index (χ3v) is 4.30. The van der Waals surface area contributed by atoms with Crippen molar-refractivity contribution in [1.82, 2.24) is 14.9 Å². The van der Waals surface area contributed by atoms with Crippen LogP contribution in [0.2, 0.25) is 5.15 Å². The standard InChI is InChI=1S/C15H24ClN3/c1-15(2,3)12-5-4-7-19(8-6-12)11-13-9-18-14(16)10-17-13/h9-10,12H,4-8,11H2,1-3H3. The van der Waals surface area contributed by atoms with E-state index in [1.54, 1.807) is 12.4 Å². The van der Waals surface area contributed by atoms with Gasteiger partial charge in [-0.25, -0.2) is 4.98 Å². The zero-order chi connectivity index (χ0) is 13.9. The highest BCUT2D eigenvalue weighted by Crippen LogP contribution is 2.34. The molecule has 1 saturated heterocycles. The number of halogens is 1. The molecule has 1 aromatic heterocycles. The van der Waals surface area contributed by atoms with Crippen LogP contribution in [0, 0.1) is 11.3 Å². The number of aromatic nitrogens is 2. The lowest BCUT2D eigenvalue weighted by atomic mass is 9.77. The first-order chi connectivity index (χ1) is 8.95. The van der Waals surface area contributed by atoms with Crippen LogP contribution in [-0.2, 0) is 6.54 Å². The normalized spacial score (nSPS) is 22.2. The number of nitrogens with zero attached hydrogens (tertiary/aromatic N) is 3. The monoisotopic (exact) mass is 281 g/mol. The summed E-state index contributed by atoms with van der Waals surface area (Å²) in [5.74, 6) is 0.828. The van der Waals surface area contributed by atoms with Gasteiger partial charge in [-0.1, -0.05) is 32.4 Å². The van der Waals surface area contributed by atoms with E-state index in [1.165, 1.54) is 19.3 Å². The number of rotatable bonds is 2. The Labute approximate surface area is 121 Å². The predicted molar refractivity (Wildman–Crippen MR) is 79.1 cm³/mol. The summed E-state index contributed by atoms with van der Waals surface area (Å²) in [5, 5.41) is 0.465. The average Bonchev–Trinajstić information content (AvgIpc) is 2.57. The molecule has 0 bridgehead atoms. The lowest BCUT2D eigenvalue weighted by Gasteiger charge is -2.29. The van der Waals surface area contributed by atoms with Gasteiger partial charge >= 0.3 is 0 Å². The minimum absolute atomic E-state index is 0.427. The maximum atomic E-state index is 5.76. The van der Waals surface area contributed by atoms with Gasteiger partial charge in [0.25, 0.3) is 0 Å². The Balaban J connectivity index is 1.91. The van der Waals surface area contributed by atoms with Crippen molar-refractivity contribution in [3.63, 3.8) is 0 Å². The zero-order valence-corrected chi connectivity index (χ0v) is 13.0. The van der Waals surface area contributed by atoms with Crippen molar-refractivity contribution < 1.29 is 0 Å². The van der Waals surface area contributed by atoms with E-state index in [0.717, 1.165) is 31.2 Å². The van der Waals surface area contributed by atoms with Crippen LogP contribution in [0.3, 0.4) is 0 Å². The second-order valence-electron chi connectivity index (χ2n) is 6.60. The highest BCUT2D eigenvalue weighted by molar-refractivity contribution is 6.29. The van der Waals surface area contributed by atoms with Crippen LogP contribution in [0.25, 0.3) is 0 Å². The summed E-state index contributed by atoms with van der Waals surface area (Å²) >= 11 is 5.76. The molecule has 106 valence electrons. The number of likely N-dealkylation sites (tertiary alicyclic amines) is 1. The van der Waals surface area contributed by atoms with E-state index in [9.17, 15) is 0 Å². The van der Waals surface area contributed by atoms with Crippen molar-refractivity contribution in [3.8, 4) is 0 Å². The summed E-state index contributed by atoms with van der Waals surface area (Å²) in [6.45, 7) is 10.3. The molecule has 1 aliphatic heterocycles. The molecule has 0 saturated carbocycles. The van der Waals surface area contributed by atoms with Crippen LogP contribution in [0.1, 0.15) is 45.7 Å². The summed E-state index contributed by atoms with van der Waals surface area (Å²) in [7, 11) is 0. The summed E-state index contributed by atoms with van der Waals surface area (Å²) < 4.78 is 0. The summed E-state index contributed by atoms with van der Waals surface area (Å²) in [5.41, 5.74) is 1.44. The lowest BCUT2D eigenvalue weighted by Crippen LogP contribution is -2.26. The van der Waals surface area contributed by atoms with E-state index < -0.39 is 0 Å². The fourth-order valence-corrected chi connectivity index (χ4v) is 2.93. The molecule has 2 rings (SSSR count). The molecule has 19 heavy (non-hydrogen) atoms. The molecular formula is C15H24ClN3. The average molecular weight is 282 g/mol. The van der Waals surface area contributed by atoms with Gasteiger partial charge in [-0.15, -0.1) is 0 Å². The molecule has 0 spiro atoms. The topological polar surface area (TPSA) is 29.0 Å². The fourth-order valence-electron chi connectivity index (χ4n) is 2.83. The molecule has 1 unspecified atom stereocenters. The SMILES string of the molecule is CC(C)(C)C1CCCN(Cc2cnc(Cl)cn2)CC1. The molecule has 1 aliphatic rings. The van der Waals surface area contributed by atoms with Crippen molar-refractivity contribution in [3.05, 3.63) is 23.2 Å². The Kier molecular flexibility index (Phi) is 4.80. The zero-order valence-electron chi connectivity index (χ0n) is 12.2. The van der Waals surface area contributed by atoms with E-state index in [2.05, 4.69) is 35.6 Å². The van der Waals surface area contributed by atoms with Crippen molar-refractivity contribution in [1.29, 1.82) is 0 Å². The molecule has 0 N–H and O–H groups in total. The van der Waals surface area contributed by atoms with Gasteiger partial charge in [0.05, 0.1) is 18.1 Å². The second kappa shape index (κ2) is 6.19. The highest BCUT2D eigenvalue weighted by Gasteiger charge is 2.27. The van der Waals surface area contributed by atoms with Crippen LogP contribution in [0.5, 0.6) is 0 Å². The van der Waals surface area contributed by atoms with Crippen molar-refractivity contribution in [2.45, 2.75) is 46.6 Å². The van der Waals surface area contributed by atoms with Gasteiger partial charge in [-0.2, -0.15) is 0 Å². The second-order valence-corrected chi connectivity index (χ2v) is 6.99. The molecule has 4 heteroatoms. The van der Waals surface area contributed by atoms with E-state index in [-0.39, 0.29) is 0 Å². The van der Waals surface area contributed by atoms with Crippen LogP contribution < -0.4 is 0 Å². The molecular weight excluding hydrogens is 258 g/mol. The molecule has 1 atom stereocenters. The predicted octanol–water partition coefficient (Wildman–Crippen LogP) is 3.78. The number of hydrogen-bond acceptors (Lipinski definition) is 3. The minimum atomic E-state index is 0.427. The van der Waals surface area contributed by atoms with E-state index in [4.69, 9.17) is 11.6 Å². The first-order valence-electron chi connectivity index (χ1n) is 7.14. The van der Waals surface area contributed by atoms with Gasteiger partial charge in [-0.05, 0) is 43.7 Å². The van der Waals surface area contributed by atoms with E-state index in [1.807, 2.05) is 0 Å². The first-order valence-corrected chi connectivity index (χ1v) is 7.52. The Bertz CT molecular complexity index is 397. The Morgan fingerprint density at radius 3 is 2.63 bits per heavy atom. The maximum absolute atomic E-state index is 5.76. The van der Waals surface area contributed by atoms with Crippen LogP contribution in [-0.4, -0.2) is 28.0 Å². The fraction of sp³-hybridized carbons (Fsp3) is 0.733. The summed E-state index contributed by atoms with van der Waals surface area (Å²) in [6, 6.07) is 0. The molecule has 3 nitrogen and oxygen atoms in total. The van der Waals surface area contributed by atoms with Gasteiger partial charge in [0.1, 0.15) is 5.15 Å². The molecule has 0 aliphatic carbocycles. The van der Waals surface area contributed by atoms with Gasteiger partial charge in [0, 0.05) is 6.54 Å². The van der Waals surface area contributed by atoms with Gasteiger partial charge in [0.2, 0.25) is 0 Å². The van der Waals surface area contributed by atoms with E-state index in [0.29, 0.717) is 10.6 Å². The first kappa shape index (κ1) is 14.7. The van der Waals surface area contributed by atoms with Crippen LogP contribution in [0.15, 0.2) is 12.4 Å². The van der Waals surface area contributed by atoms with Gasteiger partial charge in [-0.3, -0.25) is 9.88 Å².